The molecule has 0 spiro atoms. The minimum atomic E-state index is -0.189. The number of amides is 2. The van der Waals surface area contributed by atoms with Crippen LogP contribution in [0, 0.1) is 0 Å². The first kappa shape index (κ1) is 18.7. The van der Waals surface area contributed by atoms with Crippen molar-refractivity contribution in [2.24, 2.45) is 0 Å². The van der Waals surface area contributed by atoms with Gasteiger partial charge in [0.2, 0.25) is 11.8 Å². The molecule has 22 heavy (non-hydrogen) atoms. The molecule has 0 aliphatic rings. The number of anilines is 1. The summed E-state index contributed by atoms with van der Waals surface area (Å²) in [5.74, 6) is -0.167. The molecule has 0 fully saturated rings. The first-order chi connectivity index (χ1) is 10.6. The molecule has 5 heteroatoms. The minimum Gasteiger partial charge on any atom is -0.355 e. The summed E-state index contributed by atoms with van der Waals surface area (Å²) in [6, 6.07) is 7.94. The smallest absolute Gasteiger partial charge is 0.233 e. The van der Waals surface area contributed by atoms with E-state index in [1.54, 1.807) is 0 Å². The Bertz CT molecular complexity index is 474. The number of carbonyl (C=O) groups excluding carboxylic acids is 2. The van der Waals surface area contributed by atoms with Crippen LogP contribution in [0.1, 0.15) is 45.1 Å². The molecule has 1 rings (SSSR count). The lowest BCUT2D eigenvalue weighted by atomic mass is 10.1. The van der Waals surface area contributed by atoms with Crippen molar-refractivity contribution in [1.82, 2.24) is 5.32 Å². The number of benzene rings is 1. The van der Waals surface area contributed by atoms with Crippen molar-refractivity contribution in [3.63, 3.8) is 0 Å². The number of hydrogen-bond acceptors (Lipinski definition) is 2. The van der Waals surface area contributed by atoms with Gasteiger partial charge >= 0.3 is 0 Å². The fourth-order valence-corrected chi connectivity index (χ4v) is 2.12. The highest BCUT2D eigenvalue weighted by atomic mass is 79.9. The normalized spacial score (nSPS) is 11.8. The second-order valence-electron chi connectivity index (χ2n) is 5.27. The predicted molar refractivity (Wildman–Crippen MR) is 94.3 cm³/mol. The monoisotopic (exact) mass is 368 g/mol. The third kappa shape index (κ3) is 7.07. The molecule has 1 aromatic rings. The van der Waals surface area contributed by atoms with Crippen molar-refractivity contribution in [2.75, 3.05) is 11.9 Å². The van der Waals surface area contributed by atoms with Gasteiger partial charge in [0.05, 0.1) is 4.83 Å². The van der Waals surface area contributed by atoms with Gasteiger partial charge < -0.3 is 10.6 Å². The molecule has 4 nitrogen and oxygen atoms in total. The Morgan fingerprint density at radius 2 is 1.86 bits per heavy atom. The van der Waals surface area contributed by atoms with E-state index in [0.717, 1.165) is 18.5 Å². The van der Waals surface area contributed by atoms with E-state index in [4.69, 9.17) is 0 Å². The molecule has 1 unspecified atom stereocenters. The Kier molecular flexibility index (Phi) is 8.82. The van der Waals surface area contributed by atoms with Crippen molar-refractivity contribution >= 4 is 33.4 Å². The van der Waals surface area contributed by atoms with Crippen molar-refractivity contribution in [2.45, 2.75) is 50.8 Å². The van der Waals surface area contributed by atoms with Gasteiger partial charge in [-0.25, -0.2) is 0 Å². The van der Waals surface area contributed by atoms with E-state index in [1.165, 1.54) is 18.4 Å². The SMILES string of the molecule is CCCCc1ccc(NC(=O)CCNC(=O)C(Br)CC)cc1. The Balaban J connectivity index is 2.31. The minimum absolute atomic E-state index is 0.0735. The average molecular weight is 369 g/mol. The zero-order valence-electron chi connectivity index (χ0n) is 13.3. The molecule has 0 saturated heterocycles. The summed E-state index contributed by atoms with van der Waals surface area (Å²) in [5, 5.41) is 5.58. The van der Waals surface area contributed by atoms with Crippen LogP contribution in [0.5, 0.6) is 0 Å². The molecule has 0 aromatic heterocycles. The molecule has 2 N–H and O–H groups in total. The molecule has 0 aliphatic heterocycles. The third-order valence-electron chi connectivity index (χ3n) is 3.35. The zero-order valence-corrected chi connectivity index (χ0v) is 14.9. The molecule has 0 heterocycles. The van der Waals surface area contributed by atoms with Gasteiger partial charge in [-0.1, -0.05) is 48.3 Å². The van der Waals surface area contributed by atoms with E-state index in [-0.39, 0.29) is 23.1 Å². The fourth-order valence-electron chi connectivity index (χ4n) is 1.95. The number of rotatable bonds is 9. The standard InChI is InChI=1S/C17H25BrN2O2/c1-3-5-6-13-7-9-14(10-8-13)20-16(21)11-12-19-17(22)15(18)4-2/h7-10,15H,3-6,11-12H2,1-2H3,(H,19,22)(H,20,21). The number of unbranched alkanes of at least 4 members (excludes halogenated alkanes) is 1. The van der Waals surface area contributed by atoms with Gasteiger partial charge in [0.15, 0.2) is 0 Å². The van der Waals surface area contributed by atoms with Crippen molar-refractivity contribution in [3.8, 4) is 0 Å². The maximum atomic E-state index is 11.8. The summed E-state index contributed by atoms with van der Waals surface area (Å²) in [7, 11) is 0. The van der Waals surface area contributed by atoms with Gasteiger partial charge in [0.1, 0.15) is 0 Å². The van der Waals surface area contributed by atoms with Crippen LogP contribution >= 0.6 is 15.9 Å². The van der Waals surface area contributed by atoms with E-state index >= 15 is 0 Å². The third-order valence-corrected chi connectivity index (χ3v) is 4.41. The lowest BCUT2D eigenvalue weighted by molar-refractivity contribution is -0.120. The van der Waals surface area contributed by atoms with Crippen LogP contribution in [0.4, 0.5) is 5.69 Å². The van der Waals surface area contributed by atoms with Crippen LogP contribution in [0.2, 0.25) is 0 Å². The van der Waals surface area contributed by atoms with Crippen LogP contribution in [0.15, 0.2) is 24.3 Å². The molecular weight excluding hydrogens is 344 g/mol. The zero-order chi connectivity index (χ0) is 16.4. The van der Waals surface area contributed by atoms with Gasteiger partial charge in [-0.3, -0.25) is 9.59 Å². The van der Waals surface area contributed by atoms with Gasteiger partial charge in [-0.05, 0) is 37.0 Å². The maximum Gasteiger partial charge on any atom is 0.233 e. The van der Waals surface area contributed by atoms with Crippen molar-refractivity contribution in [1.29, 1.82) is 0 Å². The van der Waals surface area contributed by atoms with Gasteiger partial charge in [0, 0.05) is 18.7 Å². The van der Waals surface area contributed by atoms with Crippen LogP contribution in [-0.2, 0) is 16.0 Å². The number of carbonyl (C=O) groups is 2. The van der Waals surface area contributed by atoms with Crippen molar-refractivity contribution < 1.29 is 9.59 Å². The van der Waals surface area contributed by atoms with E-state index in [2.05, 4.69) is 33.5 Å². The fraction of sp³-hybridized carbons (Fsp3) is 0.529. The molecule has 0 aliphatic carbocycles. The molecular formula is C17H25BrN2O2. The summed E-state index contributed by atoms with van der Waals surface area (Å²) >= 11 is 3.28. The second kappa shape index (κ2) is 10.4. The number of nitrogens with one attached hydrogen (secondary N) is 2. The highest BCUT2D eigenvalue weighted by Gasteiger charge is 2.11. The Labute approximate surface area is 141 Å². The Hall–Kier alpha value is -1.36. The molecule has 0 radical (unpaired) electrons. The number of alkyl halides is 1. The number of aryl methyl sites for hydroxylation is 1. The van der Waals surface area contributed by atoms with E-state index in [0.29, 0.717) is 6.54 Å². The summed E-state index contributed by atoms with van der Waals surface area (Å²) in [6.45, 7) is 4.45. The van der Waals surface area contributed by atoms with Gasteiger partial charge in [0.25, 0.3) is 0 Å². The van der Waals surface area contributed by atoms with E-state index in [9.17, 15) is 9.59 Å². The number of halogens is 1. The molecule has 0 bridgehead atoms. The second-order valence-corrected chi connectivity index (χ2v) is 6.37. The Morgan fingerprint density at radius 3 is 2.45 bits per heavy atom. The molecule has 122 valence electrons. The van der Waals surface area contributed by atoms with E-state index in [1.807, 2.05) is 31.2 Å². The highest BCUT2D eigenvalue weighted by molar-refractivity contribution is 9.10. The summed E-state index contributed by atoms with van der Waals surface area (Å²) in [5.41, 5.74) is 2.08. The quantitative estimate of drug-likeness (QED) is 0.653. The molecule has 1 atom stereocenters. The van der Waals surface area contributed by atoms with Crippen molar-refractivity contribution in [3.05, 3.63) is 29.8 Å². The first-order valence-corrected chi connectivity index (χ1v) is 8.79. The highest BCUT2D eigenvalue weighted by Crippen LogP contribution is 2.12. The lowest BCUT2D eigenvalue weighted by Gasteiger charge is -2.09. The lowest BCUT2D eigenvalue weighted by Crippen LogP contribution is -2.33. The first-order valence-electron chi connectivity index (χ1n) is 7.87. The largest absolute Gasteiger partial charge is 0.355 e. The van der Waals surface area contributed by atoms with Gasteiger partial charge in [-0.2, -0.15) is 0 Å². The Morgan fingerprint density at radius 1 is 1.18 bits per heavy atom. The topological polar surface area (TPSA) is 58.2 Å². The van der Waals surface area contributed by atoms with Gasteiger partial charge in [-0.15, -0.1) is 0 Å². The van der Waals surface area contributed by atoms with Crippen LogP contribution in [-0.4, -0.2) is 23.2 Å². The van der Waals surface area contributed by atoms with Crippen LogP contribution in [0.3, 0.4) is 0 Å². The maximum absolute atomic E-state index is 11.8. The van der Waals surface area contributed by atoms with E-state index < -0.39 is 0 Å². The molecule has 0 saturated carbocycles. The average Bonchev–Trinajstić information content (AvgIpc) is 2.53. The number of hydrogen-bond donors (Lipinski definition) is 2. The molecule has 2 amide bonds. The molecule has 1 aromatic carbocycles. The van der Waals surface area contributed by atoms with Crippen LogP contribution < -0.4 is 10.6 Å². The summed E-state index contributed by atoms with van der Waals surface area (Å²) in [6.07, 6.45) is 4.42. The predicted octanol–water partition coefficient (Wildman–Crippen LogP) is 3.65. The van der Waals surface area contributed by atoms with Crippen LogP contribution in [0.25, 0.3) is 0 Å². The summed E-state index contributed by atoms with van der Waals surface area (Å²) in [4.78, 5) is 23.2. The summed E-state index contributed by atoms with van der Waals surface area (Å²) < 4.78 is 0.